The molecule has 0 aromatic carbocycles. The highest BCUT2D eigenvalue weighted by Gasteiger charge is 2.36. The SMILES string of the molecule is CCNC(C1CCC1)C1CN(C(C)C)CCO1. The van der Waals surface area contributed by atoms with Gasteiger partial charge in [-0.1, -0.05) is 13.3 Å². The monoisotopic (exact) mass is 240 g/mol. The van der Waals surface area contributed by atoms with Crippen LogP contribution in [0.15, 0.2) is 0 Å². The largest absolute Gasteiger partial charge is 0.374 e. The molecule has 1 saturated heterocycles. The molecule has 17 heavy (non-hydrogen) atoms. The molecule has 0 aromatic heterocycles. The second-order valence-corrected chi connectivity index (χ2v) is 5.77. The summed E-state index contributed by atoms with van der Waals surface area (Å²) in [4.78, 5) is 2.55. The van der Waals surface area contributed by atoms with Crippen LogP contribution < -0.4 is 5.32 Å². The summed E-state index contributed by atoms with van der Waals surface area (Å²) in [6, 6.07) is 1.22. The van der Waals surface area contributed by atoms with Crippen LogP contribution in [0, 0.1) is 5.92 Å². The second-order valence-electron chi connectivity index (χ2n) is 5.77. The van der Waals surface area contributed by atoms with Gasteiger partial charge >= 0.3 is 0 Å². The Labute approximate surface area is 106 Å². The van der Waals surface area contributed by atoms with Gasteiger partial charge in [0.05, 0.1) is 12.7 Å². The number of likely N-dealkylation sites (N-methyl/N-ethyl adjacent to an activating group) is 1. The molecule has 2 unspecified atom stereocenters. The minimum atomic E-state index is 0.399. The van der Waals surface area contributed by atoms with Crippen LogP contribution in [0.2, 0.25) is 0 Å². The average molecular weight is 240 g/mol. The van der Waals surface area contributed by atoms with Crippen molar-refractivity contribution in [2.45, 2.75) is 58.2 Å². The Morgan fingerprint density at radius 1 is 1.35 bits per heavy atom. The van der Waals surface area contributed by atoms with Crippen LogP contribution in [-0.2, 0) is 4.74 Å². The van der Waals surface area contributed by atoms with Gasteiger partial charge in [0.1, 0.15) is 0 Å². The lowest BCUT2D eigenvalue weighted by Gasteiger charge is -2.44. The number of nitrogens with zero attached hydrogens (tertiary/aromatic N) is 1. The van der Waals surface area contributed by atoms with Crippen LogP contribution in [0.25, 0.3) is 0 Å². The van der Waals surface area contributed by atoms with Gasteiger partial charge in [-0.15, -0.1) is 0 Å². The van der Waals surface area contributed by atoms with E-state index < -0.39 is 0 Å². The van der Waals surface area contributed by atoms with Gasteiger partial charge < -0.3 is 10.1 Å². The van der Waals surface area contributed by atoms with Gasteiger partial charge in [-0.25, -0.2) is 0 Å². The molecule has 1 aliphatic carbocycles. The molecule has 0 radical (unpaired) electrons. The van der Waals surface area contributed by atoms with E-state index in [0.29, 0.717) is 18.2 Å². The van der Waals surface area contributed by atoms with Gasteiger partial charge in [0, 0.05) is 25.2 Å². The van der Waals surface area contributed by atoms with Crippen LogP contribution in [0.3, 0.4) is 0 Å². The topological polar surface area (TPSA) is 24.5 Å². The van der Waals surface area contributed by atoms with E-state index in [-0.39, 0.29) is 0 Å². The molecule has 1 N–H and O–H groups in total. The van der Waals surface area contributed by atoms with E-state index in [1.165, 1.54) is 19.3 Å². The van der Waals surface area contributed by atoms with Gasteiger partial charge in [-0.2, -0.15) is 0 Å². The Hall–Kier alpha value is -0.120. The van der Waals surface area contributed by atoms with Gasteiger partial charge in [-0.3, -0.25) is 4.90 Å². The molecule has 2 atom stereocenters. The quantitative estimate of drug-likeness (QED) is 0.794. The fraction of sp³-hybridized carbons (Fsp3) is 1.00. The fourth-order valence-electron chi connectivity index (χ4n) is 3.02. The molecule has 1 aliphatic heterocycles. The third-order valence-corrected chi connectivity index (χ3v) is 4.35. The average Bonchev–Trinajstić information content (AvgIpc) is 2.26. The van der Waals surface area contributed by atoms with Crippen molar-refractivity contribution in [3.05, 3.63) is 0 Å². The normalized spacial score (nSPS) is 29.3. The van der Waals surface area contributed by atoms with E-state index in [1.54, 1.807) is 0 Å². The molecule has 1 heterocycles. The minimum absolute atomic E-state index is 0.399. The zero-order valence-corrected chi connectivity index (χ0v) is 11.6. The lowest BCUT2D eigenvalue weighted by atomic mass is 9.77. The van der Waals surface area contributed by atoms with Crippen molar-refractivity contribution < 1.29 is 4.74 Å². The molecule has 3 heteroatoms. The van der Waals surface area contributed by atoms with Gasteiger partial charge in [0.25, 0.3) is 0 Å². The van der Waals surface area contributed by atoms with Crippen molar-refractivity contribution in [1.29, 1.82) is 0 Å². The highest BCUT2D eigenvalue weighted by molar-refractivity contribution is 4.91. The molecular weight excluding hydrogens is 212 g/mol. The zero-order valence-electron chi connectivity index (χ0n) is 11.6. The molecule has 1 saturated carbocycles. The summed E-state index contributed by atoms with van der Waals surface area (Å²) in [7, 11) is 0. The predicted molar refractivity (Wildman–Crippen MR) is 71.3 cm³/mol. The number of morpholine rings is 1. The molecule has 3 nitrogen and oxygen atoms in total. The smallest absolute Gasteiger partial charge is 0.0858 e. The Kier molecular flexibility index (Phi) is 4.83. The van der Waals surface area contributed by atoms with Crippen LogP contribution >= 0.6 is 0 Å². The molecular formula is C14H28N2O. The van der Waals surface area contributed by atoms with Crippen LogP contribution in [-0.4, -0.2) is 49.3 Å². The molecule has 0 aromatic rings. The van der Waals surface area contributed by atoms with E-state index >= 15 is 0 Å². The highest BCUT2D eigenvalue weighted by atomic mass is 16.5. The molecule has 0 amide bonds. The molecule has 2 rings (SSSR count). The Bertz CT molecular complexity index is 228. The van der Waals surface area contributed by atoms with Gasteiger partial charge in [-0.05, 0) is 39.2 Å². The van der Waals surface area contributed by atoms with E-state index in [0.717, 1.165) is 32.2 Å². The fourth-order valence-corrected chi connectivity index (χ4v) is 3.02. The maximum atomic E-state index is 6.03. The minimum Gasteiger partial charge on any atom is -0.374 e. The van der Waals surface area contributed by atoms with Crippen molar-refractivity contribution in [2.24, 2.45) is 5.92 Å². The number of nitrogens with one attached hydrogen (secondary N) is 1. The first-order valence-electron chi connectivity index (χ1n) is 7.31. The highest BCUT2D eigenvalue weighted by Crippen LogP contribution is 2.32. The van der Waals surface area contributed by atoms with Gasteiger partial charge in [0.2, 0.25) is 0 Å². The van der Waals surface area contributed by atoms with Crippen molar-refractivity contribution in [3.8, 4) is 0 Å². The van der Waals surface area contributed by atoms with Crippen LogP contribution in [0.1, 0.15) is 40.0 Å². The van der Waals surface area contributed by atoms with E-state index in [9.17, 15) is 0 Å². The molecule has 0 spiro atoms. The van der Waals surface area contributed by atoms with Crippen molar-refractivity contribution in [3.63, 3.8) is 0 Å². The summed E-state index contributed by atoms with van der Waals surface area (Å²) in [6.07, 6.45) is 4.59. The Balaban J connectivity index is 1.92. The molecule has 0 bridgehead atoms. The summed E-state index contributed by atoms with van der Waals surface area (Å²) < 4.78 is 6.03. The predicted octanol–water partition coefficient (Wildman–Crippen LogP) is 1.87. The van der Waals surface area contributed by atoms with Crippen molar-refractivity contribution in [2.75, 3.05) is 26.2 Å². The lowest BCUT2D eigenvalue weighted by Crippen LogP contribution is -2.57. The number of hydrogen-bond donors (Lipinski definition) is 1. The zero-order chi connectivity index (χ0) is 12.3. The first-order chi connectivity index (χ1) is 8.22. The number of hydrogen-bond acceptors (Lipinski definition) is 3. The number of rotatable bonds is 5. The maximum Gasteiger partial charge on any atom is 0.0858 e. The van der Waals surface area contributed by atoms with Crippen LogP contribution in [0.4, 0.5) is 0 Å². The standard InChI is InChI=1S/C14H28N2O/c1-4-15-14(12-6-5-7-12)13-10-16(11(2)3)8-9-17-13/h11-15H,4-10H2,1-3H3. The maximum absolute atomic E-state index is 6.03. The van der Waals surface area contributed by atoms with Gasteiger partial charge in [0.15, 0.2) is 0 Å². The Morgan fingerprint density at radius 2 is 2.12 bits per heavy atom. The molecule has 2 fully saturated rings. The summed E-state index contributed by atoms with van der Waals surface area (Å²) in [5.41, 5.74) is 0. The first kappa shape index (κ1) is 13.3. The van der Waals surface area contributed by atoms with Crippen molar-refractivity contribution in [1.82, 2.24) is 10.2 Å². The molecule has 100 valence electrons. The summed E-state index contributed by atoms with van der Waals surface area (Å²) in [5, 5.41) is 3.66. The summed E-state index contributed by atoms with van der Waals surface area (Å²) in [5.74, 6) is 0.854. The summed E-state index contributed by atoms with van der Waals surface area (Å²) in [6.45, 7) is 10.9. The first-order valence-corrected chi connectivity index (χ1v) is 7.31. The van der Waals surface area contributed by atoms with Crippen molar-refractivity contribution >= 4 is 0 Å². The lowest BCUT2D eigenvalue weighted by molar-refractivity contribution is -0.0707. The van der Waals surface area contributed by atoms with E-state index in [2.05, 4.69) is 31.0 Å². The van der Waals surface area contributed by atoms with E-state index in [1.807, 2.05) is 0 Å². The van der Waals surface area contributed by atoms with Crippen LogP contribution in [0.5, 0.6) is 0 Å². The third kappa shape index (κ3) is 3.21. The Morgan fingerprint density at radius 3 is 2.65 bits per heavy atom. The second kappa shape index (κ2) is 6.17. The number of ether oxygens (including phenoxy) is 1. The summed E-state index contributed by atoms with van der Waals surface area (Å²) >= 11 is 0. The third-order valence-electron chi connectivity index (χ3n) is 4.35. The molecule has 2 aliphatic rings. The van der Waals surface area contributed by atoms with E-state index in [4.69, 9.17) is 4.74 Å².